The van der Waals surface area contributed by atoms with E-state index in [-0.39, 0.29) is 5.69 Å². The molecule has 3 rings (SSSR count). The minimum absolute atomic E-state index is 0.220. The molecule has 7 nitrogen and oxygen atoms in total. The van der Waals surface area contributed by atoms with Crippen LogP contribution in [-0.2, 0) is 7.05 Å². The average molecular weight is 333 g/mol. The fraction of sp³-hybridized carbons (Fsp3) is 0.200. The highest BCUT2D eigenvalue weighted by molar-refractivity contribution is 6.31. The van der Waals surface area contributed by atoms with Crippen LogP contribution in [0.25, 0.3) is 10.9 Å². The molecule has 0 aliphatic heterocycles. The van der Waals surface area contributed by atoms with Gasteiger partial charge in [-0.15, -0.1) is 0 Å². The molecule has 0 radical (unpaired) electrons. The van der Waals surface area contributed by atoms with E-state index >= 15 is 0 Å². The second-order valence-corrected chi connectivity index (χ2v) is 5.55. The summed E-state index contributed by atoms with van der Waals surface area (Å²) in [6.45, 7) is 3.36. The number of carbonyl (C=O) groups is 1. The van der Waals surface area contributed by atoms with Crippen molar-refractivity contribution in [2.45, 2.75) is 13.8 Å². The molecule has 2 aromatic heterocycles. The summed E-state index contributed by atoms with van der Waals surface area (Å²) in [6, 6.07) is 4.87. The highest BCUT2D eigenvalue weighted by Gasteiger charge is 2.20. The molecule has 0 atom stereocenters. The lowest BCUT2D eigenvalue weighted by molar-refractivity contribution is 0.101. The van der Waals surface area contributed by atoms with Crippen LogP contribution in [0.4, 0.5) is 5.69 Å². The van der Waals surface area contributed by atoms with Crippen LogP contribution in [0.5, 0.6) is 0 Å². The number of nitrogens with one attached hydrogen (secondary N) is 1. The number of aromatic nitrogens is 3. The fourth-order valence-electron chi connectivity index (χ4n) is 2.33. The summed E-state index contributed by atoms with van der Waals surface area (Å²) in [7, 11) is 1.66. The lowest BCUT2D eigenvalue weighted by Gasteiger charge is -2.08. The maximum absolute atomic E-state index is 12.5. The largest absolute Gasteiger partial charge is 0.359 e. The molecule has 3 aromatic rings. The van der Waals surface area contributed by atoms with Crippen molar-refractivity contribution < 1.29 is 9.32 Å². The Hall–Kier alpha value is -2.67. The van der Waals surface area contributed by atoms with Crippen molar-refractivity contribution in [3.63, 3.8) is 0 Å². The molecular weight excluding hydrogens is 320 g/mol. The van der Waals surface area contributed by atoms with Crippen LogP contribution in [0.1, 0.15) is 21.9 Å². The normalized spacial score (nSPS) is 11.0. The third-order valence-electron chi connectivity index (χ3n) is 3.50. The van der Waals surface area contributed by atoms with Gasteiger partial charge in [0, 0.05) is 12.1 Å². The molecule has 0 saturated heterocycles. The second-order valence-electron chi connectivity index (χ2n) is 5.12. The van der Waals surface area contributed by atoms with Crippen LogP contribution in [0.2, 0.25) is 5.02 Å². The van der Waals surface area contributed by atoms with Crippen LogP contribution < -0.4 is 10.7 Å². The third-order valence-corrected chi connectivity index (χ3v) is 3.74. The molecule has 0 spiro atoms. The van der Waals surface area contributed by atoms with Crippen molar-refractivity contribution in [3.05, 3.63) is 50.6 Å². The van der Waals surface area contributed by atoms with E-state index < -0.39 is 11.3 Å². The number of aryl methyl sites for hydroxylation is 3. The van der Waals surface area contributed by atoms with Gasteiger partial charge in [0.2, 0.25) is 5.43 Å². The van der Waals surface area contributed by atoms with Gasteiger partial charge in [0.05, 0.1) is 10.9 Å². The van der Waals surface area contributed by atoms with E-state index in [2.05, 4.69) is 15.6 Å². The standard InChI is InChI=1S/C15H13ClN4O3/c1-7-12(8(2)23-19-7)17-15(22)13-14(21)10-6-9(16)4-5-11(10)20(3)18-13/h4-6H,1-3H3,(H,17,22). The Balaban J connectivity index is 2.11. The van der Waals surface area contributed by atoms with E-state index in [1.165, 1.54) is 10.7 Å². The number of carbonyl (C=O) groups excluding carboxylic acids is 1. The first-order chi connectivity index (χ1) is 10.9. The zero-order valence-corrected chi connectivity index (χ0v) is 13.4. The minimum Gasteiger partial charge on any atom is -0.359 e. The van der Waals surface area contributed by atoms with Gasteiger partial charge in [-0.1, -0.05) is 16.8 Å². The monoisotopic (exact) mass is 332 g/mol. The van der Waals surface area contributed by atoms with Crippen LogP contribution in [0, 0.1) is 13.8 Å². The van der Waals surface area contributed by atoms with Crippen molar-refractivity contribution in [1.29, 1.82) is 0 Å². The molecule has 118 valence electrons. The Morgan fingerprint density at radius 1 is 1.35 bits per heavy atom. The number of rotatable bonds is 2. The number of halogens is 1. The predicted molar refractivity (Wildman–Crippen MR) is 85.9 cm³/mol. The second kappa shape index (κ2) is 5.51. The van der Waals surface area contributed by atoms with Gasteiger partial charge in [0.15, 0.2) is 11.5 Å². The highest BCUT2D eigenvalue weighted by atomic mass is 35.5. The number of fused-ring (bicyclic) bond motifs is 1. The summed E-state index contributed by atoms with van der Waals surface area (Å²) in [5.41, 5.74) is 0.849. The quantitative estimate of drug-likeness (QED) is 0.778. The molecule has 0 bridgehead atoms. The molecule has 0 unspecified atom stereocenters. The van der Waals surface area contributed by atoms with E-state index in [0.717, 1.165) is 0 Å². The zero-order chi connectivity index (χ0) is 16.7. The number of hydrogen-bond acceptors (Lipinski definition) is 5. The molecule has 1 amide bonds. The number of hydrogen-bond donors (Lipinski definition) is 1. The zero-order valence-electron chi connectivity index (χ0n) is 12.7. The van der Waals surface area contributed by atoms with Crippen LogP contribution >= 0.6 is 11.6 Å². The first-order valence-electron chi connectivity index (χ1n) is 6.79. The predicted octanol–water partition coefficient (Wildman–Crippen LogP) is 2.44. The van der Waals surface area contributed by atoms with Crippen LogP contribution in [-0.4, -0.2) is 20.8 Å². The average Bonchev–Trinajstić information content (AvgIpc) is 2.82. The first kappa shape index (κ1) is 15.2. The smallest absolute Gasteiger partial charge is 0.280 e. The molecule has 2 heterocycles. The van der Waals surface area contributed by atoms with Gasteiger partial charge in [-0.05, 0) is 32.0 Å². The first-order valence-corrected chi connectivity index (χ1v) is 7.17. The van der Waals surface area contributed by atoms with E-state index in [9.17, 15) is 9.59 Å². The van der Waals surface area contributed by atoms with E-state index in [0.29, 0.717) is 33.1 Å². The number of benzene rings is 1. The highest BCUT2D eigenvalue weighted by Crippen LogP contribution is 2.20. The molecule has 1 N–H and O–H groups in total. The van der Waals surface area contributed by atoms with E-state index in [1.807, 2.05) is 0 Å². The lowest BCUT2D eigenvalue weighted by atomic mass is 10.2. The van der Waals surface area contributed by atoms with Crippen molar-refractivity contribution >= 4 is 34.1 Å². The molecule has 8 heteroatoms. The summed E-state index contributed by atoms with van der Waals surface area (Å²) in [4.78, 5) is 25.0. The van der Waals surface area contributed by atoms with E-state index in [4.69, 9.17) is 16.1 Å². The molecule has 0 fully saturated rings. The van der Waals surface area contributed by atoms with Crippen LogP contribution in [0.15, 0.2) is 27.5 Å². The summed E-state index contributed by atoms with van der Waals surface area (Å²) in [5, 5.41) is 11.2. The Morgan fingerprint density at radius 2 is 2.09 bits per heavy atom. The number of nitrogens with zero attached hydrogens (tertiary/aromatic N) is 3. The topological polar surface area (TPSA) is 90.0 Å². The molecule has 0 aliphatic carbocycles. The molecule has 1 aromatic carbocycles. The Bertz CT molecular complexity index is 971. The van der Waals surface area contributed by atoms with Crippen molar-refractivity contribution in [2.75, 3.05) is 5.32 Å². The number of anilines is 1. The van der Waals surface area contributed by atoms with Gasteiger partial charge >= 0.3 is 0 Å². The van der Waals surface area contributed by atoms with E-state index in [1.54, 1.807) is 33.0 Å². The third kappa shape index (κ3) is 2.59. The fourth-order valence-corrected chi connectivity index (χ4v) is 2.50. The van der Waals surface area contributed by atoms with Gasteiger partial charge in [-0.25, -0.2) is 0 Å². The summed E-state index contributed by atoms with van der Waals surface area (Å²) < 4.78 is 6.45. The molecule has 0 saturated carbocycles. The maximum Gasteiger partial charge on any atom is 0.280 e. The SMILES string of the molecule is Cc1noc(C)c1NC(=O)c1nn(C)c2ccc(Cl)cc2c1=O. The molecule has 0 aliphatic rings. The minimum atomic E-state index is -0.623. The van der Waals surface area contributed by atoms with Crippen molar-refractivity contribution in [1.82, 2.24) is 14.9 Å². The Labute approximate surface area is 135 Å². The molecule has 23 heavy (non-hydrogen) atoms. The molecular formula is C15H13ClN4O3. The summed E-state index contributed by atoms with van der Waals surface area (Å²) in [6.07, 6.45) is 0. The van der Waals surface area contributed by atoms with Crippen LogP contribution in [0.3, 0.4) is 0 Å². The van der Waals surface area contributed by atoms with Gasteiger partial charge in [-0.3, -0.25) is 14.3 Å². The van der Waals surface area contributed by atoms with Gasteiger partial charge < -0.3 is 9.84 Å². The van der Waals surface area contributed by atoms with Gasteiger partial charge in [0.1, 0.15) is 11.4 Å². The van der Waals surface area contributed by atoms with Crippen molar-refractivity contribution in [3.8, 4) is 0 Å². The van der Waals surface area contributed by atoms with Gasteiger partial charge in [-0.2, -0.15) is 5.10 Å². The van der Waals surface area contributed by atoms with Gasteiger partial charge in [0.25, 0.3) is 5.91 Å². The lowest BCUT2D eigenvalue weighted by Crippen LogP contribution is -2.26. The number of amides is 1. The summed E-state index contributed by atoms with van der Waals surface area (Å²) >= 11 is 5.94. The summed E-state index contributed by atoms with van der Waals surface area (Å²) in [5.74, 6) is -0.168. The van der Waals surface area contributed by atoms with Crippen molar-refractivity contribution in [2.24, 2.45) is 7.05 Å². The Kier molecular flexibility index (Phi) is 3.65. The maximum atomic E-state index is 12.5. The Morgan fingerprint density at radius 3 is 2.74 bits per heavy atom.